The number of benzene rings is 2. The van der Waals surface area contributed by atoms with Gasteiger partial charge >= 0.3 is 0 Å². The molecule has 0 radical (unpaired) electrons. The number of amides is 1. The minimum atomic E-state index is -0.203. The molecule has 0 aromatic heterocycles. The van der Waals surface area contributed by atoms with E-state index in [1.54, 1.807) is 40.6 Å². The van der Waals surface area contributed by atoms with Crippen LogP contribution in [0.4, 0.5) is 0 Å². The number of aryl methyl sites for hydroxylation is 1. The van der Waals surface area contributed by atoms with Crippen molar-refractivity contribution in [2.75, 3.05) is 28.4 Å². The third kappa shape index (κ3) is 5.51. The van der Waals surface area contributed by atoms with Crippen molar-refractivity contribution in [2.45, 2.75) is 39.7 Å². The lowest BCUT2D eigenvalue weighted by molar-refractivity contribution is -0.117. The van der Waals surface area contributed by atoms with E-state index in [1.807, 2.05) is 26.0 Å². The first-order chi connectivity index (χ1) is 14.8. The van der Waals surface area contributed by atoms with Crippen LogP contribution in [0.1, 0.15) is 55.0 Å². The van der Waals surface area contributed by atoms with E-state index in [4.69, 9.17) is 18.9 Å². The summed E-state index contributed by atoms with van der Waals surface area (Å²) in [5, 5.41) is 3.04. The molecule has 1 amide bonds. The summed E-state index contributed by atoms with van der Waals surface area (Å²) >= 11 is 0. The number of hydrogen-bond acceptors (Lipinski definition) is 5. The fraction of sp³-hybridized carbons (Fsp3) is 0.400. The van der Waals surface area contributed by atoms with Gasteiger partial charge in [-0.25, -0.2) is 0 Å². The largest absolute Gasteiger partial charge is 0.496 e. The van der Waals surface area contributed by atoms with Crippen LogP contribution in [0.15, 0.2) is 30.3 Å². The summed E-state index contributed by atoms with van der Waals surface area (Å²) in [4.78, 5) is 12.6. The van der Waals surface area contributed by atoms with Crippen molar-refractivity contribution < 1.29 is 23.7 Å². The molecule has 168 valence electrons. The lowest BCUT2D eigenvalue weighted by Gasteiger charge is -2.20. The number of carbonyl (C=O) groups is 1. The van der Waals surface area contributed by atoms with Crippen LogP contribution in [0.5, 0.6) is 23.0 Å². The molecule has 2 aromatic carbocycles. The van der Waals surface area contributed by atoms with Gasteiger partial charge in [0.25, 0.3) is 0 Å². The van der Waals surface area contributed by atoms with E-state index >= 15 is 0 Å². The monoisotopic (exact) mass is 427 g/mol. The summed E-state index contributed by atoms with van der Waals surface area (Å²) in [5.41, 5.74) is 3.97. The predicted molar refractivity (Wildman–Crippen MR) is 124 cm³/mol. The van der Waals surface area contributed by atoms with Gasteiger partial charge in [0.15, 0.2) is 11.5 Å². The van der Waals surface area contributed by atoms with E-state index in [2.05, 4.69) is 25.2 Å². The lowest BCUT2D eigenvalue weighted by Crippen LogP contribution is -2.25. The van der Waals surface area contributed by atoms with Crippen molar-refractivity contribution in [2.24, 2.45) is 0 Å². The minimum Gasteiger partial charge on any atom is -0.496 e. The summed E-state index contributed by atoms with van der Waals surface area (Å²) < 4.78 is 21.7. The van der Waals surface area contributed by atoms with E-state index in [0.717, 1.165) is 22.4 Å². The molecule has 6 nitrogen and oxygen atoms in total. The molecular formula is C25H33NO5. The Labute approximate surface area is 185 Å². The molecule has 6 heteroatoms. The van der Waals surface area contributed by atoms with Gasteiger partial charge < -0.3 is 24.3 Å². The highest BCUT2D eigenvalue weighted by atomic mass is 16.5. The Morgan fingerprint density at radius 3 is 2.06 bits per heavy atom. The van der Waals surface area contributed by atoms with Crippen LogP contribution < -0.4 is 24.3 Å². The first kappa shape index (κ1) is 24.1. The molecular weight excluding hydrogens is 394 g/mol. The summed E-state index contributed by atoms with van der Waals surface area (Å²) in [7, 11) is 6.34. The highest BCUT2D eigenvalue weighted by molar-refractivity contribution is 5.92. The van der Waals surface area contributed by atoms with Crippen molar-refractivity contribution in [1.82, 2.24) is 5.32 Å². The molecule has 0 saturated carbocycles. The van der Waals surface area contributed by atoms with Crippen molar-refractivity contribution >= 4 is 12.0 Å². The van der Waals surface area contributed by atoms with Gasteiger partial charge in [-0.1, -0.05) is 13.8 Å². The van der Waals surface area contributed by atoms with E-state index in [9.17, 15) is 4.79 Å². The zero-order chi connectivity index (χ0) is 23.1. The maximum Gasteiger partial charge on any atom is 0.244 e. The molecule has 2 rings (SSSR count). The third-order valence-electron chi connectivity index (χ3n) is 5.21. The summed E-state index contributed by atoms with van der Waals surface area (Å²) in [6.45, 7) is 8.25. The molecule has 0 heterocycles. The molecule has 0 bridgehead atoms. The second-order valence-corrected chi connectivity index (χ2v) is 7.59. The summed E-state index contributed by atoms with van der Waals surface area (Å²) in [6, 6.07) is 7.57. The fourth-order valence-electron chi connectivity index (χ4n) is 3.57. The Kier molecular flexibility index (Phi) is 8.37. The standard InChI is InChI=1S/C25H33NO5/c1-15(2)19-14-20(16(3)13-22(19)29-6)17(4)26-23(27)12-10-18-9-11-21(28-5)25(31-8)24(18)30-7/h9-15,17H,1-8H3,(H,26,27)/b12-10+. The SMILES string of the molecule is COc1cc(C)c(C(C)NC(=O)/C=C/c2ccc(OC)c(OC)c2OC)cc1C(C)C. The molecule has 0 fully saturated rings. The molecule has 0 aliphatic rings. The van der Waals surface area contributed by atoms with Gasteiger partial charge in [0.1, 0.15) is 5.75 Å². The summed E-state index contributed by atoms with van der Waals surface area (Å²) in [5.74, 6) is 2.53. The molecule has 0 aliphatic carbocycles. The third-order valence-corrected chi connectivity index (χ3v) is 5.21. The van der Waals surface area contributed by atoms with Crippen molar-refractivity contribution in [3.05, 3.63) is 52.6 Å². The topological polar surface area (TPSA) is 66.0 Å². The zero-order valence-electron chi connectivity index (χ0n) is 19.7. The van der Waals surface area contributed by atoms with E-state index in [-0.39, 0.29) is 11.9 Å². The van der Waals surface area contributed by atoms with Gasteiger partial charge in [-0.15, -0.1) is 0 Å². The highest BCUT2D eigenvalue weighted by Crippen LogP contribution is 2.40. The first-order valence-corrected chi connectivity index (χ1v) is 10.2. The van der Waals surface area contributed by atoms with Gasteiger partial charge in [0.2, 0.25) is 11.7 Å². The van der Waals surface area contributed by atoms with Gasteiger partial charge in [-0.05, 0) is 66.8 Å². The van der Waals surface area contributed by atoms with E-state index in [0.29, 0.717) is 28.7 Å². The van der Waals surface area contributed by atoms with E-state index < -0.39 is 0 Å². The average Bonchev–Trinajstić information content (AvgIpc) is 2.75. The Balaban J connectivity index is 2.23. The van der Waals surface area contributed by atoms with Crippen LogP contribution in [0.2, 0.25) is 0 Å². The van der Waals surface area contributed by atoms with Crippen LogP contribution in [-0.2, 0) is 4.79 Å². The van der Waals surface area contributed by atoms with Crippen molar-refractivity contribution in [3.8, 4) is 23.0 Å². The highest BCUT2D eigenvalue weighted by Gasteiger charge is 2.17. The minimum absolute atomic E-state index is 0.159. The molecule has 0 saturated heterocycles. The number of carbonyl (C=O) groups excluding carboxylic acids is 1. The Bertz CT molecular complexity index is 949. The fourth-order valence-corrected chi connectivity index (χ4v) is 3.57. The number of hydrogen-bond donors (Lipinski definition) is 1. The van der Waals surface area contributed by atoms with Crippen LogP contribution in [-0.4, -0.2) is 34.3 Å². The van der Waals surface area contributed by atoms with Crippen molar-refractivity contribution in [1.29, 1.82) is 0 Å². The number of nitrogens with one attached hydrogen (secondary N) is 1. The van der Waals surface area contributed by atoms with Crippen LogP contribution in [0, 0.1) is 6.92 Å². The first-order valence-electron chi connectivity index (χ1n) is 10.2. The molecule has 0 aliphatic heterocycles. The van der Waals surface area contributed by atoms with Gasteiger partial charge in [0.05, 0.1) is 34.5 Å². The van der Waals surface area contributed by atoms with Crippen molar-refractivity contribution in [3.63, 3.8) is 0 Å². The molecule has 1 atom stereocenters. The van der Waals surface area contributed by atoms with Crippen LogP contribution in [0.3, 0.4) is 0 Å². The molecule has 1 unspecified atom stereocenters. The zero-order valence-corrected chi connectivity index (χ0v) is 19.7. The second-order valence-electron chi connectivity index (χ2n) is 7.59. The van der Waals surface area contributed by atoms with Gasteiger partial charge in [0, 0.05) is 11.6 Å². The van der Waals surface area contributed by atoms with Gasteiger partial charge in [-0.3, -0.25) is 4.79 Å². The predicted octanol–water partition coefficient (Wildman–Crippen LogP) is 5.04. The van der Waals surface area contributed by atoms with Gasteiger partial charge in [-0.2, -0.15) is 0 Å². The molecule has 2 aromatic rings. The second kappa shape index (κ2) is 10.8. The van der Waals surface area contributed by atoms with Crippen LogP contribution in [0.25, 0.3) is 6.08 Å². The molecule has 0 spiro atoms. The Morgan fingerprint density at radius 1 is 0.871 bits per heavy atom. The average molecular weight is 428 g/mol. The van der Waals surface area contributed by atoms with E-state index in [1.165, 1.54) is 6.08 Å². The van der Waals surface area contributed by atoms with Crippen LogP contribution >= 0.6 is 0 Å². The number of rotatable bonds is 9. The molecule has 1 N–H and O–H groups in total. The number of ether oxygens (including phenoxy) is 4. The molecule has 31 heavy (non-hydrogen) atoms. The smallest absolute Gasteiger partial charge is 0.244 e. The maximum atomic E-state index is 12.6. The Morgan fingerprint density at radius 2 is 1.52 bits per heavy atom. The Hall–Kier alpha value is -3.15. The normalized spacial score (nSPS) is 12.0. The quantitative estimate of drug-likeness (QED) is 0.568. The lowest BCUT2D eigenvalue weighted by atomic mass is 9.93. The maximum absolute atomic E-state index is 12.6. The summed E-state index contributed by atoms with van der Waals surface area (Å²) in [6.07, 6.45) is 3.19. The number of methoxy groups -OCH3 is 4.